The van der Waals surface area contributed by atoms with Gasteiger partial charge in [-0.2, -0.15) is 0 Å². The van der Waals surface area contributed by atoms with E-state index in [4.69, 9.17) is 28.3 Å². The number of carbonyl (C=O) groups excluding carboxylic acids is 1. The molecule has 0 aromatic heterocycles. The second-order valence-electron chi connectivity index (χ2n) is 4.70. The molecule has 0 unspecified atom stereocenters. The minimum absolute atomic E-state index is 0.0467. The molecular weight excluding hydrogens is 289 g/mol. The smallest absolute Gasteiger partial charge is 0.329 e. The Bertz CT molecular complexity index is 527. The molecule has 19 heavy (non-hydrogen) atoms. The van der Waals surface area contributed by atoms with Gasteiger partial charge in [-0.3, -0.25) is 4.79 Å². The van der Waals surface area contributed by atoms with E-state index < -0.39 is 11.5 Å². The van der Waals surface area contributed by atoms with Crippen LogP contribution in [0.4, 0.5) is 0 Å². The summed E-state index contributed by atoms with van der Waals surface area (Å²) < 4.78 is 0. The summed E-state index contributed by atoms with van der Waals surface area (Å²) in [6.07, 6.45) is 1.81. The molecule has 1 aromatic rings. The lowest BCUT2D eigenvalue weighted by Gasteiger charge is -2.38. The number of benzene rings is 1. The molecule has 0 bridgehead atoms. The normalized spacial score (nSPS) is 16.5. The molecule has 102 valence electrons. The zero-order chi connectivity index (χ0) is 14.0. The van der Waals surface area contributed by atoms with Crippen LogP contribution in [0.5, 0.6) is 0 Å². The number of halogens is 2. The standard InChI is InChI=1S/C13H13Cl2NO3/c14-9-3-2-8(10(15)7-9)6-11(17)16-13(12(18)19)4-1-5-13/h2-3,7H,1,4-6H2,(H,16,17)(H,18,19). The highest BCUT2D eigenvalue weighted by atomic mass is 35.5. The zero-order valence-electron chi connectivity index (χ0n) is 10.1. The molecule has 0 heterocycles. The largest absolute Gasteiger partial charge is 0.480 e. The molecule has 2 N–H and O–H groups in total. The maximum atomic E-state index is 11.9. The topological polar surface area (TPSA) is 66.4 Å². The highest BCUT2D eigenvalue weighted by molar-refractivity contribution is 6.35. The van der Waals surface area contributed by atoms with Crippen LogP contribution in [0.15, 0.2) is 18.2 Å². The Morgan fingerprint density at radius 1 is 1.32 bits per heavy atom. The molecule has 0 saturated heterocycles. The average molecular weight is 302 g/mol. The van der Waals surface area contributed by atoms with E-state index in [0.717, 1.165) is 6.42 Å². The average Bonchev–Trinajstić information content (AvgIpc) is 2.27. The third-order valence-corrected chi connectivity index (χ3v) is 3.95. The first-order valence-corrected chi connectivity index (χ1v) is 6.67. The quantitative estimate of drug-likeness (QED) is 0.898. The van der Waals surface area contributed by atoms with Gasteiger partial charge >= 0.3 is 5.97 Å². The summed E-state index contributed by atoms with van der Waals surface area (Å²) in [6.45, 7) is 0. The Kier molecular flexibility index (Phi) is 4.02. The second-order valence-corrected chi connectivity index (χ2v) is 5.55. The van der Waals surface area contributed by atoms with Crippen molar-refractivity contribution in [3.05, 3.63) is 33.8 Å². The number of aliphatic carboxylic acids is 1. The Labute approximate surface area is 120 Å². The van der Waals surface area contributed by atoms with E-state index in [-0.39, 0.29) is 12.3 Å². The summed E-state index contributed by atoms with van der Waals surface area (Å²) >= 11 is 11.7. The molecular formula is C13H13Cl2NO3. The first-order chi connectivity index (χ1) is 8.93. The van der Waals surface area contributed by atoms with Gasteiger partial charge in [0.25, 0.3) is 0 Å². The SMILES string of the molecule is O=C(Cc1ccc(Cl)cc1Cl)NC1(C(=O)O)CCC1. The van der Waals surface area contributed by atoms with E-state index in [1.54, 1.807) is 18.2 Å². The van der Waals surface area contributed by atoms with Crippen molar-refractivity contribution in [1.82, 2.24) is 5.32 Å². The van der Waals surface area contributed by atoms with Crippen molar-refractivity contribution in [1.29, 1.82) is 0 Å². The number of nitrogens with one attached hydrogen (secondary N) is 1. The second kappa shape index (κ2) is 5.39. The van der Waals surface area contributed by atoms with E-state index in [9.17, 15) is 9.59 Å². The minimum Gasteiger partial charge on any atom is -0.480 e. The molecule has 1 fully saturated rings. The van der Waals surface area contributed by atoms with E-state index >= 15 is 0 Å². The molecule has 0 aliphatic heterocycles. The molecule has 0 atom stereocenters. The van der Waals surface area contributed by atoms with Crippen molar-refractivity contribution >= 4 is 35.1 Å². The highest BCUT2D eigenvalue weighted by Crippen LogP contribution is 2.32. The van der Waals surface area contributed by atoms with Crippen LogP contribution in [0.3, 0.4) is 0 Å². The number of hydrogen-bond donors (Lipinski definition) is 2. The van der Waals surface area contributed by atoms with Gasteiger partial charge in [-0.25, -0.2) is 4.79 Å². The van der Waals surface area contributed by atoms with E-state index in [0.29, 0.717) is 28.5 Å². The van der Waals surface area contributed by atoms with Gasteiger partial charge in [-0.1, -0.05) is 29.3 Å². The van der Waals surface area contributed by atoms with Gasteiger partial charge in [0.05, 0.1) is 6.42 Å². The third kappa shape index (κ3) is 3.01. The van der Waals surface area contributed by atoms with Gasteiger partial charge in [-0.15, -0.1) is 0 Å². The number of rotatable bonds is 4. The minimum atomic E-state index is -1.09. The Hall–Kier alpha value is -1.26. The summed E-state index contributed by atoms with van der Waals surface area (Å²) in [7, 11) is 0. The van der Waals surface area contributed by atoms with Crippen molar-refractivity contribution < 1.29 is 14.7 Å². The van der Waals surface area contributed by atoms with Crippen molar-refractivity contribution in [3.63, 3.8) is 0 Å². The first-order valence-electron chi connectivity index (χ1n) is 5.91. The van der Waals surface area contributed by atoms with Crippen molar-refractivity contribution in [3.8, 4) is 0 Å². The van der Waals surface area contributed by atoms with Crippen LogP contribution in [-0.2, 0) is 16.0 Å². The van der Waals surface area contributed by atoms with Crippen LogP contribution < -0.4 is 5.32 Å². The number of hydrogen-bond acceptors (Lipinski definition) is 2. The Morgan fingerprint density at radius 2 is 2.00 bits per heavy atom. The summed E-state index contributed by atoms with van der Waals surface area (Å²) in [6, 6.07) is 4.87. The van der Waals surface area contributed by atoms with Crippen molar-refractivity contribution in [2.45, 2.75) is 31.2 Å². The molecule has 2 rings (SSSR count). The first kappa shape index (κ1) is 14.2. The van der Waals surface area contributed by atoms with E-state index in [2.05, 4.69) is 5.32 Å². The molecule has 0 radical (unpaired) electrons. The molecule has 1 aromatic carbocycles. The van der Waals surface area contributed by atoms with Crippen LogP contribution >= 0.6 is 23.2 Å². The number of carbonyl (C=O) groups is 2. The summed E-state index contributed by atoms with van der Waals surface area (Å²) in [5, 5.41) is 12.6. The predicted molar refractivity (Wildman–Crippen MR) is 72.5 cm³/mol. The summed E-state index contributed by atoms with van der Waals surface area (Å²) in [4.78, 5) is 23.0. The van der Waals surface area contributed by atoms with Crippen LogP contribution in [0.1, 0.15) is 24.8 Å². The highest BCUT2D eigenvalue weighted by Gasteiger charge is 2.45. The maximum absolute atomic E-state index is 11.9. The molecule has 4 nitrogen and oxygen atoms in total. The van der Waals surface area contributed by atoms with Crippen LogP contribution in [0, 0.1) is 0 Å². The van der Waals surface area contributed by atoms with Crippen LogP contribution in [0.2, 0.25) is 10.0 Å². The zero-order valence-corrected chi connectivity index (χ0v) is 11.6. The molecule has 1 saturated carbocycles. The third-order valence-electron chi connectivity index (χ3n) is 3.36. The van der Waals surface area contributed by atoms with Crippen LogP contribution in [-0.4, -0.2) is 22.5 Å². The lowest BCUT2D eigenvalue weighted by atomic mass is 9.76. The molecule has 1 aliphatic rings. The number of carboxylic acid groups (broad SMARTS) is 1. The lowest BCUT2D eigenvalue weighted by Crippen LogP contribution is -2.59. The number of amides is 1. The van der Waals surface area contributed by atoms with Gasteiger partial charge in [0.2, 0.25) is 5.91 Å². The lowest BCUT2D eigenvalue weighted by molar-refractivity contribution is -0.151. The predicted octanol–water partition coefficient (Wildman–Crippen LogP) is 2.66. The van der Waals surface area contributed by atoms with Gasteiger partial charge in [0.1, 0.15) is 5.54 Å². The number of carboxylic acids is 1. The van der Waals surface area contributed by atoms with E-state index in [1.165, 1.54) is 0 Å². The molecule has 0 spiro atoms. The van der Waals surface area contributed by atoms with Crippen molar-refractivity contribution in [2.24, 2.45) is 0 Å². The summed E-state index contributed by atoms with van der Waals surface area (Å²) in [5.74, 6) is -1.32. The maximum Gasteiger partial charge on any atom is 0.329 e. The Morgan fingerprint density at radius 3 is 2.47 bits per heavy atom. The molecule has 1 aliphatic carbocycles. The molecule has 6 heteroatoms. The van der Waals surface area contributed by atoms with E-state index in [1.807, 2.05) is 0 Å². The van der Waals surface area contributed by atoms with Gasteiger partial charge < -0.3 is 10.4 Å². The van der Waals surface area contributed by atoms with Crippen molar-refractivity contribution in [2.75, 3.05) is 0 Å². The fourth-order valence-corrected chi connectivity index (χ4v) is 2.55. The summed E-state index contributed by atoms with van der Waals surface area (Å²) in [5.41, 5.74) is -0.459. The fourth-order valence-electron chi connectivity index (χ4n) is 2.07. The fraction of sp³-hybridized carbons (Fsp3) is 0.385. The Balaban J connectivity index is 2.03. The van der Waals surface area contributed by atoms with Crippen LogP contribution in [0.25, 0.3) is 0 Å². The molecule has 1 amide bonds. The van der Waals surface area contributed by atoms with Gasteiger partial charge in [0.15, 0.2) is 0 Å². The monoisotopic (exact) mass is 301 g/mol. The van der Waals surface area contributed by atoms with Gasteiger partial charge in [-0.05, 0) is 37.0 Å². The van der Waals surface area contributed by atoms with Gasteiger partial charge in [0, 0.05) is 10.0 Å².